The van der Waals surface area contributed by atoms with Crippen LogP contribution in [-0.2, 0) is 0 Å². The Morgan fingerprint density at radius 2 is 2.20 bits per heavy atom. The molecule has 5 heteroatoms. The second-order valence-electron chi connectivity index (χ2n) is 5.40. The van der Waals surface area contributed by atoms with E-state index in [2.05, 4.69) is 11.6 Å². The van der Waals surface area contributed by atoms with Crippen molar-refractivity contribution in [2.24, 2.45) is 0 Å². The first-order valence-corrected chi connectivity index (χ1v) is 8.39. The Labute approximate surface area is 123 Å². The van der Waals surface area contributed by atoms with Gasteiger partial charge in [0.1, 0.15) is 0 Å². The largest absolute Gasteiger partial charge is 0.454 e. The van der Waals surface area contributed by atoms with E-state index < -0.39 is 6.10 Å². The maximum atomic E-state index is 10.3. The molecule has 0 spiro atoms. The van der Waals surface area contributed by atoms with Crippen LogP contribution in [0.1, 0.15) is 30.9 Å². The van der Waals surface area contributed by atoms with Gasteiger partial charge in [-0.1, -0.05) is 6.07 Å². The van der Waals surface area contributed by atoms with E-state index in [4.69, 9.17) is 9.47 Å². The third kappa shape index (κ3) is 3.05. The molecular weight excluding hydrogens is 274 g/mol. The molecule has 0 amide bonds. The van der Waals surface area contributed by atoms with Crippen molar-refractivity contribution >= 4 is 11.8 Å². The summed E-state index contributed by atoms with van der Waals surface area (Å²) >= 11 is 1.95. The first kappa shape index (κ1) is 14.0. The van der Waals surface area contributed by atoms with Gasteiger partial charge in [-0.3, -0.25) is 0 Å². The summed E-state index contributed by atoms with van der Waals surface area (Å²) in [6.07, 6.45) is 5.36. The van der Waals surface area contributed by atoms with Crippen LogP contribution in [0.4, 0.5) is 0 Å². The van der Waals surface area contributed by atoms with Gasteiger partial charge in [0.15, 0.2) is 11.5 Å². The van der Waals surface area contributed by atoms with E-state index in [9.17, 15) is 5.11 Å². The first-order valence-electron chi connectivity index (χ1n) is 7.10. The highest BCUT2D eigenvalue weighted by molar-refractivity contribution is 7.99. The van der Waals surface area contributed by atoms with Crippen LogP contribution >= 0.6 is 11.8 Å². The van der Waals surface area contributed by atoms with Crippen LogP contribution in [0.25, 0.3) is 0 Å². The van der Waals surface area contributed by atoms with E-state index in [0.717, 1.165) is 22.3 Å². The number of aliphatic hydroxyl groups excluding tert-OH is 1. The maximum absolute atomic E-state index is 10.3. The van der Waals surface area contributed by atoms with Crippen LogP contribution < -0.4 is 14.8 Å². The Hall–Kier alpha value is -0.910. The van der Waals surface area contributed by atoms with Crippen molar-refractivity contribution in [3.63, 3.8) is 0 Å². The summed E-state index contributed by atoms with van der Waals surface area (Å²) in [4.78, 5) is 0. The summed E-state index contributed by atoms with van der Waals surface area (Å²) < 4.78 is 10.6. The molecule has 1 aliphatic carbocycles. The second-order valence-corrected chi connectivity index (χ2v) is 6.54. The summed E-state index contributed by atoms with van der Waals surface area (Å²) in [7, 11) is 0. The van der Waals surface area contributed by atoms with Gasteiger partial charge in [0, 0.05) is 17.8 Å². The van der Waals surface area contributed by atoms with Crippen molar-refractivity contribution in [2.75, 3.05) is 19.6 Å². The van der Waals surface area contributed by atoms with E-state index in [0.29, 0.717) is 12.6 Å². The molecule has 2 N–H and O–H groups in total. The molecule has 0 saturated heterocycles. The molecule has 0 aromatic heterocycles. The Kier molecular flexibility index (Phi) is 4.38. The lowest BCUT2D eigenvalue weighted by Gasteiger charge is -2.17. The molecule has 1 heterocycles. The minimum atomic E-state index is -0.502. The quantitative estimate of drug-likeness (QED) is 0.873. The molecule has 1 fully saturated rings. The number of nitrogens with one attached hydrogen (secondary N) is 1. The molecule has 1 aromatic rings. The zero-order valence-corrected chi connectivity index (χ0v) is 12.5. The Morgan fingerprint density at radius 3 is 3.00 bits per heavy atom. The predicted molar refractivity (Wildman–Crippen MR) is 80.5 cm³/mol. The Bertz CT molecular complexity index is 468. The van der Waals surface area contributed by atoms with Crippen molar-refractivity contribution in [3.05, 3.63) is 23.8 Å². The summed E-state index contributed by atoms with van der Waals surface area (Å²) in [5.74, 6) is 1.48. The zero-order valence-electron chi connectivity index (χ0n) is 11.7. The number of aliphatic hydroxyl groups is 1. The predicted octanol–water partition coefficient (Wildman–Crippen LogP) is 2.32. The van der Waals surface area contributed by atoms with Crippen molar-refractivity contribution in [2.45, 2.75) is 36.7 Å². The van der Waals surface area contributed by atoms with Gasteiger partial charge in [-0.15, -0.1) is 0 Å². The molecule has 110 valence electrons. The summed E-state index contributed by atoms with van der Waals surface area (Å²) in [5.41, 5.74) is 0.876. The van der Waals surface area contributed by atoms with Crippen molar-refractivity contribution < 1.29 is 14.6 Å². The fourth-order valence-corrected chi connectivity index (χ4v) is 3.65. The molecule has 4 nitrogen and oxygen atoms in total. The van der Waals surface area contributed by atoms with Gasteiger partial charge in [-0.2, -0.15) is 11.8 Å². The van der Waals surface area contributed by atoms with E-state index in [-0.39, 0.29) is 6.79 Å². The lowest BCUT2D eigenvalue weighted by atomic mass is 10.1. The van der Waals surface area contributed by atoms with Crippen LogP contribution in [0.3, 0.4) is 0 Å². The van der Waals surface area contributed by atoms with Gasteiger partial charge < -0.3 is 19.9 Å². The fourth-order valence-electron chi connectivity index (χ4n) is 2.86. The van der Waals surface area contributed by atoms with E-state index in [1.807, 2.05) is 30.0 Å². The van der Waals surface area contributed by atoms with E-state index in [1.54, 1.807) is 0 Å². The molecule has 0 bridgehead atoms. The van der Waals surface area contributed by atoms with Gasteiger partial charge in [0.25, 0.3) is 0 Å². The monoisotopic (exact) mass is 295 g/mol. The highest BCUT2D eigenvalue weighted by atomic mass is 32.2. The zero-order chi connectivity index (χ0) is 13.9. The molecule has 1 saturated carbocycles. The number of ether oxygens (including phenoxy) is 2. The molecule has 2 aliphatic rings. The second kappa shape index (κ2) is 6.24. The maximum Gasteiger partial charge on any atom is 0.231 e. The van der Waals surface area contributed by atoms with Gasteiger partial charge in [-0.25, -0.2) is 0 Å². The van der Waals surface area contributed by atoms with E-state index in [1.165, 1.54) is 19.3 Å². The number of fused-ring (bicyclic) bond motifs is 1. The van der Waals surface area contributed by atoms with Gasteiger partial charge in [0.2, 0.25) is 6.79 Å². The molecular formula is C15H21NO3S. The third-order valence-electron chi connectivity index (χ3n) is 4.10. The molecule has 3 rings (SSSR count). The molecule has 1 aliphatic heterocycles. The number of hydrogen-bond donors (Lipinski definition) is 2. The third-order valence-corrected chi connectivity index (χ3v) is 5.19. The van der Waals surface area contributed by atoms with Crippen LogP contribution in [-0.4, -0.2) is 36.0 Å². The van der Waals surface area contributed by atoms with Gasteiger partial charge >= 0.3 is 0 Å². The lowest BCUT2D eigenvalue weighted by molar-refractivity contribution is 0.167. The molecule has 3 unspecified atom stereocenters. The van der Waals surface area contributed by atoms with Crippen molar-refractivity contribution in [3.8, 4) is 11.5 Å². The minimum Gasteiger partial charge on any atom is -0.454 e. The first-order chi connectivity index (χ1) is 9.76. The fraction of sp³-hybridized carbons (Fsp3) is 0.600. The summed E-state index contributed by atoms with van der Waals surface area (Å²) in [5, 5.41) is 14.5. The number of hydrogen-bond acceptors (Lipinski definition) is 5. The highest BCUT2D eigenvalue weighted by Crippen LogP contribution is 2.34. The molecule has 20 heavy (non-hydrogen) atoms. The topological polar surface area (TPSA) is 50.7 Å². The van der Waals surface area contributed by atoms with Crippen molar-refractivity contribution in [1.29, 1.82) is 0 Å². The van der Waals surface area contributed by atoms with Crippen LogP contribution in [0.15, 0.2) is 18.2 Å². The lowest BCUT2D eigenvalue weighted by Crippen LogP contribution is -2.31. The Morgan fingerprint density at radius 1 is 1.35 bits per heavy atom. The average Bonchev–Trinajstić information content (AvgIpc) is 3.12. The number of rotatable bonds is 5. The Balaban J connectivity index is 1.53. The normalized spacial score (nSPS) is 25.9. The average molecular weight is 295 g/mol. The number of thioether (sulfide) groups is 1. The highest BCUT2D eigenvalue weighted by Gasteiger charge is 2.24. The van der Waals surface area contributed by atoms with Crippen LogP contribution in [0, 0.1) is 0 Å². The smallest absolute Gasteiger partial charge is 0.231 e. The number of benzene rings is 1. The van der Waals surface area contributed by atoms with E-state index >= 15 is 0 Å². The molecule has 1 aromatic carbocycles. The SMILES string of the molecule is CSC1CCC(NCC(O)c2ccc3c(c2)OCO3)C1. The summed E-state index contributed by atoms with van der Waals surface area (Å²) in [6, 6.07) is 6.17. The minimum absolute atomic E-state index is 0.269. The van der Waals surface area contributed by atoms with Gasteiger partial charge in [-0.05, 0) is 43.2 Å². The van der Waals surface area contributed by atoms with Gasteiger partial charge in [0.05, 0.1) is 6.10 Å². The molecule has 0 radical (unpaired) electrons. The summed E-state index contributed by atoms with van der Waals surface area (Å²) in [6.45, 7) is 0.858. The standard InChI is InChI=1S/C15H21NO3S/c1-20-12-4-3-11(7-12)16-8-13(17)10-2-5-14-15(6-10)19-9-18-14/h2,5-6,11-13,16-17H,3-4,7-9H2,1H3. The van der Waals surface area contributed by atoms with Crippen molar-refractivity contribution in [1.82, 2.24) is 5.32 Å². The molecule has 3 atom stereocenters. The van der Waals surface area contributed by atoms with Crippen LogP contribution in [0.5, 0.6) is 11.5 Å². The van der Waals surface area contributed by atoms with Crippen LogP contribution in [0.2, 0.25) is 0 Å².